The fraction of sp³-hybridized carbons (Fsp3) is 0.227. The Bertz CT molecular complexity index is 2750. The molecular formula is C44H38N6O5. The van der Waals surface area contributed by atoms with Gasteiger partial charge in [0.15, 0.2) is 0 Å². The number of carbonyl (C=O) groups excluding carboxylic acids is 2. The number of carbonyl (C=O) groups is 2. The molecule has 0 radical (unpaired) electrons. The highest BCUT2D eigenvalue weighted by Crippen LogP contribution is 2.41. The molecule has 3 aromatic heterocycles. The molecule has 1 aliphatic carbocycles. The van der Waals surface area contributed by atoms with Gasteiger partial charge in [0.05, 0.1) is 43.3 Å². The summed E-state index contributed by atoms with van der Waals surface area (Å²) in [4.78, 5) is 43.0. The summed E-state index contributed by atoms with van der Waals surface area (Å²) in [6.45, 7) is 0.0973. The van der Waals surface area contributed by atoms with Crippen molar-refractivity contribution in [2.45, 2.75) is 44.3 Å². The van der Waals surface area contributed by atoms with Crippen LogP contribution < -0.4 is 15.2 Å². The molecule has 0 bridgehead atoms. The Hall–Kier alpha value is -6.80. The van der Waals surface area contributed by atoms with Crippen LogP contribution in [0.25, 0.3) is 38.8 Å². The second kappa shape index (κ2) is 13.2. The van der Waals surface area contributed by atoms with Gasteiger partial charge < -0.3 is 18.6 Å². The van der Waals surface area contributed by atoms with Gasteiger partial charge in [0.1, 0.15) is 23.3 Å². The summed E-state index contributed by atoms with van der Waals surface area (Å²) in [5, 5.41) is 12.8. The number of imide groups is 1. The fourth-order valence-electron chi connectivity index (χ4n) is 8.76. The van der Waals surface area contributed by atoms with Crippen molar-refractivity contribution in [1.29, 1.82) is 5.26 Å². The van der Waals surface area contributed by atoms with E-state index in [0.717, 1.165) is 45.8 Å². The molecule has 11 heteroatoms. The van der Waals surface area contributed by atoms with Crippen molar-refractivity contribution in [2.24, 2.45) is 7.05 Å². The van der Waals surface area contributed by atoms with Gasteiger partial charge in [0.2, 0.25) is 0 Å². The number of methoxy groups -OCH3 is 2. The molecule has 1 saturated carbocycles. The third kappa shape index (κ3) is 5.28. The second-order valence-corrected chi connectivity index (χ2v) is 14.3. The van der Waals surface area contributed by atoms with Crippen LogP contribution in [-0.2, 0) is 13.6 Å². The Kier molecular flexibility index (Phi) is 8.19. The Morgan fingerprint density at radius 3 is 2.04 bits per heavy atom. The van der Waals surface area contributed by atoms with Crippen LogP contribution in [0.3, 0.4) is 0 Å². The first-order valence-electron chi connectivity index (χ1n) is 18.4. The molecule has 274 valence electrons. The summed E-state index contributed by atoms with van der Waals surface area (Å²) in [5.41, 5.74) is 5.42. The lowest BCUT2D eigenvalue weighted by atomic mass is 9.90. The molecule has 0 N–H and O–H groups in total. The largest absolute Gasteiger partial charge is 0.497 e. The first-order chi connectivity index (χ1) is 26.8. The first kappa shape index (κ1) is 34.0. The van der Waals surface area contributed by atoms with E-state index < -0.39 is 0 Å². The first-order valence-corrected chi connectivity index (χ1v) is 18.4. The van der Waals surface area contributed by atoms with E-state index in [1.165, 1.54) is 9.47 Å². The predicted molar refractivity (Wildman–Crippen MR) is 209 cm³/mol. The molecule has 2 amide bonds. The lowest BCUT2D eigenvalue weighted by Gasteiger charge is -2.34. The van der Waals surface area contributed by atoms with Crippen LogP contribution in [0.1, 0.15) is 63.7 Å². The molecule has 7 aromatic rings. The van der Waals surface area contributed by atoms with E-state index in [1.54, 1.807) is 49.1 Å². The minimum Gasteiger partial charge on any atom is -0.497 e. The van der Waals surface area contributed by atoms with Crippen LogP contribution in [0, 0.1) is 11.3 Å². The number of nitriles is 1. The van der Waals surface area contributed by atoms with Crippen LogP contribution >= 0.6 is 0 Å². The van der Waals surface area contributed by atoms with Crippen molar-refractivity contribution in [1.82, 2.24) is 23.2 Å². The zero-order valence-electron chi connectivity index (χ0n) is 30.7. The standard InChI is InChI=1S/C44H38N6O5/c1-46-26-39(34-13-7-8-14-36(34)46)50-41(38(23-45)48(44(50)53)24-27-16-21-30(54-2)22-40(27)55-3)35-25-47(37-15-9-6-10-31(35)37)28-17-19-29(20-18-28)49-42(51)32-11-4-5-12-33(32)43(49)52/h4-16,21-22,25-26,28-29H,17-20,24H2,1-3H3. The Morgan fingerprint density at radius 1 is 0.727 bits per heavy atom. The topological polar surface area (TPSA) is 116 Å². The third-order valence-electron chi connectivity index (χ3n) is 11.4. The molecule has 4 heterocycles. The zero-order valence-corrected chi connectivity index (χ0v) is 30.7. The fourth-order valence-corrected chi connectivity index (χ4v) is 8.76. The number of fused-ring (bicyclic) bond motifs is 3. The van der Waals surface area contributed by atoms with Crippen LogP contribution in [0.5, 0.6) is 11.5 Å². The van der Waals surface area contributed by atoms with E-state index in [0.29, 0.717) is 46.8 Å². The average Bonchev–Trinajstić information content (AvgIpc) is 3.92. The molecule has 0 spiro atoms. The smallest absolute Gasteiger partial charge is 0.334 e. The summed E-state index contributed by atoms with van der Waals surface area (Å²) in [6, 6.07) is 30.8. The monoisotopic (exact) mass is 730 g/mol. The lowest BCUT2D eigenvalue weighted by molar-refractivity contribution is 0.0533. The lowest BCUT2D eigenvalue weighted by Crippen LogP contribution is -2.42. The maximum Gasteiger partial charge on any atom is 0.334 e. The molecule has 0 saturated heterocycles. The molecule has 2 aliphatic rings. The number of aryl methyl sites for hydroxylation is 1. The molecule has 0 atom stereocenters. The van der Waals surface area contributed by atoms with Crippen LogP contribution in [0.4, 0.5) is 0 Å². The summed E-state index contributed by atoms with van der Waals surface area (Å²) in [6.07, 6.45) is 6.84. The van der Waals surface area contributed by atoms with E-state index in [2.05, 4.69) is 22.9 Å². The average molecular weight is 731 g/mol. The number of aromatic nitrogens is 4. The number of hydrogen-bond acceptors (Lipinski definition) is 6. The van der Waals surface area contributed by atoms with Crippen LogP contribution in [-0.4, -0.2) is 55.2 Å². The van der Waals surface area contributed by atoms with E-state index >= 15 is 0 Å². The molecule has 11 nitrogen and oxygen atoms in total. The Balaban J connectivity index is 1.17. The highest BCUT2D eigenvalue weighted by molar-refractivity contribution is 6.21. The van der Waals surface area contributed by atoms with Gasteiger partial charge in [-0.3, -0.25) is 23.6 Å². The van der Waals surface area contributed by atoms with Crippen molar-refractivity contribution >= 4 is 33.6 Å². The summed E-state index contributed by atoms with van der Waals surface area (Å²) in [5.74, 6) is 0.728. The molecule has 9 rings (SSSR count). The van der Waals surface area contributed by atoms with Gasteiger partial charge in [0.25, 0.3) is 11.8 Å². The van der Waals surface area contributed by atoms with Crippen molar-refractivity contribution in [3.8, 4) is 34.5 Å². The Morgan fingerprint density at radius 2 is 1.36 bits per heavy atom. The van der Waals surface area contributed by atoms with Gasteiger partial charge in [-0.25, -0.2) is 4.79 Å². The molecule has 1 fully saturated rings. The molecule has 55 heavy (non-hydrogen) atoms. The molecule has 4 aromatic carbocycles. The third-order valence-corrected chi connectivity index (χ3v) is 11.4. The minimum atomic E-state index is -0.348. The van der Waals surface area contributed by atoms with E-state index in [9.17, 15) is 19.6 Å². The van der Waals surface area contributed by atoms with Gasteiger partial charge in [-0.1, -0.05) is 48.5 Å². The molecule has 1 aliphatic heterocycles. The molecular weight excluding hydrogens is 693 g/mol. The minimum absolute atomic E-state index is 0.0685. The maximum atomic E-state index is 14.9. The number of amides is 2. The normalized spacial score (nSPS) is 16.9. The highest BCUT2D eigenvalue weighted by atomic mass is 16.5. The number of imidazole rings is 1. The van der Waals surface area contributed by atoms with Gasteiger partial charge in [-0.2, -0.15) is 5.26 Å². The highest BCUT2D eigenvalue weighted by Gasteiger charge is 2.41. The zero-order chi connectivity index (χ0) is 38.0. The number of ether oxygens (including phenoxy) is 2. The SMILES string of the molecule is COc1ccc(Cn2c(C#N)c(-c3cn(C4CCC(N5C(=O)c6ccccc6C5=O)CC4)c4ccccc34)n(-c3cn(C)c4ccccc34)c2=O)c(OC)c1. The van der Waals surface area contributed by atoms with Crippen molar-refractivity contribution in [3.05, 3.63) is 136 Å². The van der Waals surface area contributed by atoms with Crippen molar-refractivity contribution < 1.29 is 19.1 Å². The number of para-hydroxylation sites is 2. The number of benzene rings is 4. The van der Waals surface area contributed by atoms with Crippen molar-refractivity contribution in [2.75, 3.05) is 14.2 Å². The van der Waals surface area contributed by atoms with Crippen LogP contribution in [0.15, 0.2) is 108 Å². The number of rotatable bonds is 8. The number of nitrogens with zero attached hydrogens (tertiary/aromatic N) is 6. The number of hydrogen-bond donors (Lipinski definition) is 0. The second-order valence-electron chi connectivity index (χ2n) is 14.3. The van der Waals surface area contributed by atoms with E-state index in [-0.39, 0.29) is 41.8 Å². The summed E-state index contributed by atoms with van der Waals surface area (Å²) in [7, 11) is 5.10. The van der Waals surface area contributed by atoms with Crippen LogP contribution in [0.2, 0.25) is 0 Å². The molecule has 0 unspecified atom stereocenters. The van der Waals surface area contributed by atoms with E-state index in [1.807, 2.05) is 72.4 Å². The Labute approximate surface area is 316 Å². The predicted octanol–water partition coefficient (Wildman–Crippen LogP) is 7.47. The van der Waals surface area contributed by atoms with E-state index in [4.69, 9.17) is 9.47 Å². The quantitative estimate of drug-likeness (QED) is 0.150. The summed E-state index contributed by atoms with van der Waals surface area (Å²) >= 11 is 0. The summed E-state index contributed by atoms with van der Waals surface area (Å²) < 4.78 is 18.6. The van der Waals surface area contributed by atoms with Crippen molar-refractivity contribution in [3.63, 3.8) is 0 Å². The van der Waals surface area contributed by atoms with Gasteiger partial charge in [-0.15, -0.1) is 0 Å². The maximum absolute atomic E-state index is 14.9. The van der Waals surface area contributed by atoms with Gasteiger partial charge >= 0.3 is 5.69 Å². The van der Waals surface area contributed by atoms with Gasteiger partial charge in [0, 0.05) is 70.5 Å². The van der Waals surface area contributed by atoms with Gasteiger partial charge in [-0.05, 0) is 62.1 Å².